The van der Waals surface area contributed by atoms with Gasteiger partial charge in [-0.25, -0.2) is 4.98 Å². The van der Waals surface area contributed by atoms with Crippen LogP contribution in [0.2, 0.25) is 0 Å². The van der Waals surface area contributed by atoms with Crippen molar-refractivity contribution in [3.8, 4) is 0 Å². The van der Waals surface area contributed by atoms with Gasteiger partial charge in [0.1, 0.15) is 17.2 Å². The monoisotopic (exact) mass is 398 g/mol. The third-order valence-corrected chi connectivity index (χ3v) is 5.91. The molecule has 0 saturated carbocycles. The third kappa shape index (κ3) is 4.15. The highest BCUT2D eigenvalue weighted by atomic mass is 32.1. The number of hydrogen-bond acceptors (Lipinski definition) is 5. The van der Waals surface area contributed by atoms with E-state index in [1.165, 1.54) is 15.9 Å². The van der Waals surface area contributed by atoms with E-state index < -0.39 is 0 Å². The first-order chi connectivity index (χ1) is 13.3. The van der Waals surface area contributed by atoms with Crippen LogP contribution in [0.25, 0.3) is 10.2 Å². The Bertz CT molecular complexity index is 1050. The van der Waals surface area contributed by atoms with Crippen molar-refractivity contribution in [1.82, 2.24) is 19.4 Å². The summed E-state index contributed by atoms with van der Waals surface area (Å²) in [7, 11) is 5.61. The Morgan fingerprint density at radius 3 is 2.43 bits per heavy atom. The van der Waals surface area contributed by atoms with Gasteiger partial charge in [-0.15, -0.1) is 11.3 Å². The number of likely N-dealkylation sites (N-methyl/N-ethyl adjacent to an activating group) is 1. The molecule has 148 valence electrons. The summed E-state index contributed by atoms with van der Waals surface area (Å²) in [6, 6.07) is 9.82. The van der Waals surface area contributed by atoms with Crippen LogP contribution in [0.5, 0.6) is 0 Å². The first-order valence-corrected chi connectivity index (χ1v) is 10.0. The van der Waals surface area contributed by atoms with Crippen molar-refractivity contribution >= 4 is 27.5 Å². The van der Waals surface area contributed by atoms with Crippen LogP contribution in [0, 0.1) is 13.8 Å². The largest absolute Gasteiger partial charge is 0.340 e. The predicted molar refractivity (Wildman–Crippen MR) is 114 cm³/mol. The molecule has 1 amide bonds. The van der Waals surface area contributed by atoms with Crippen molar-refractivity contribution in [1.29, 1.82) is 0 Å². The quantitative estimate of drug-likeness (QED) is 0.641. The maximum absolute atomic E-state index is 13.2. The highest BCUT2D eigenvalue weighted by Gasteiger charge is 2.20. The van der Waals surface area contributed by atoms with Gasteiger partial charge in [0.2, 0.25) is 5.91 Å². The molecule has 0 radical (unpaired) electrons. The van der Waals surface area contributed by atoms with Crippen molar-refractivity contribution in [2.45, 2.75) is 33.5 Å². The van der Waals surface area contributed by atoms with Gasteiger partial charge >= 0.3 is 0 Å². The van der Waals surface area contributed by atoms with E-state index in [2.05, 4.69) is 0 Å². The van der Waals surface area contributed by atoms with Crippen LogP contribution in [0.1, 0.15) is 21.8 Å². The number of fused-ring (bicyclic) bond motifs is 1. The van der Waals surface area contributed by atoms with Crippen molar-refractivity contribution in [2.24, 2.45) is 0 Å². The lowest BCUT2D eigenvalue weighted by Gasteiger charge is -2.20. The number of rotatable bonds is 6. The van der Waals surface area contributed by atoms with E-state index in [1.807, 2.05) is 63.2 Å². The molecule has 6 nitrogen and oxygen atoms in total. The zero-order valence-corrected chi connectivity index (χ0v) is 17.8. The lowest BCUT2D eigenvalue weighted by Crippen LogP contribution is -2.36. The molecule has 0 fully saturated rings. The number of nitrogens with zero attached hydrogens (tertiary/aromatic N) is 4. The van der Waals surface area contributed by atoms with Gasteiger partial charge in [0.15, 0.2) is 0 Å². The van der Waals surface area contributed by atoms with Gasteiger partial charge in [0, 0.05) is 18.5 Å². The van der Waals surface area contributed by atoms with E-state index in [1.54, 1.807) is 11.9 Å². The molecule has 2 heterocycles. The van der Waals surface area contributed by atoms with Gasteiger partial charge in [0.05, 0.1) is 11.9 Å². The van der Waals surface area contributed by atoms with E-state index in [-0.39, 0.29) is 18.0 Å². The Morgan fingerprint density at radius 1 is 1.11 bits per heavy atom. The molecule has 0 unspecified atom stereocenters. The van der Waals surface area contributed by atoms with E-state index in [0.29, 0.717) is 24.3 Å². The maximum atomic E-state index is 13.2. The Balaban J connectivity index is 1.96. The van der Waals surface area contributed by atoms with Gasteiger partial charge in [-0.2, -0.15) is 0 Å². The second-order valence-electron chi connectivity index (χ2n) is 7.36. The number of amides is 1. The first kappa shape index (κ1) is 20.2. The van der Waals surface area contributed by atoms with Crippen LogP contribution < -0.4 is 5.56 Å². The van der Waals surface area contributed by atoms with Crippen LogP contribution in [-0.4, -0.2) is 46.4 Å². The molecule has 0 aliphatic heterocycles. The standard InChI is InChI=1S/C21H26N4O2S/c1-14-15(2)28-20-19(14)21(27)25(17(22-20)12-23(3)4)13-18(26)24(5)11-16-9-7-6-8-10-16/h6-10H,11-13H2,1-5H3. The Kier molecular flexibility index (Phi) is 5.96. The van der Waals surface area contributed by atoms with Crippen LogP contribution >= 0.6 is 11.3 Å². The van der Waals surface area contributed by atoms with Crippen LogP contribution in [-0.2, 0) is 24.4 Å². The van der Waals surface area contributed by atoms with Crippen molar-refractivity contribution in [2.75, 3.05) is 21.1 Å². The van der Waals surface area contributed by atoms with E-state index in [4.69, 9.17) is 4.98 Å². The van der Waals surface area contributed by atoms with Crippen molar-refractivity contribution in [3.05, 3.63) is 62.5 Å². The molecule has 0 bridgehead atoms. The molecule has 1 aromatic carbocycles. The molecule has 2 aromatic heterocycles. The minimum Gasteiger partial charge on any atom is -0.340 e. The molecule has 3 aromatic rings. The normalized spacial score (nSPS) is 11.4. The number of thiophene rings is 1. The van der Waals surface area contributed by atoms with Gasteiger partial charge < -0.3 is 9.80 Å². The fraction of sp³-hybridized carbons (Fsp3) is 0.381. The molecule has 0 spiro atoms. The van der Waals surface area contributed by atoms with Gasteiger partial charge in [0.25, 0.3) is 5.56 Å². The fourth-order valence-corrected chi connectivity index (χ4v) is 4.18. The smallest absolute Gasteiger partial charge is 0.263 e. The number of carbonyl (C=O) groups excluding carboxylic acids is 1. The Labute approximate surface area is 169 Å². The van der Waals surface area contributed by atoms with Gasteiger partial charge in [-0.1, -0.05) is 30.3 Å². The number of benzene rings is 1. The molecular weight excluding hydrogens is 372 g/mol. The minimum atomic E-state index is -0.134. The molecule has 3 rings (SSSR count). The summed E-state index contributed by atoms with van der Waals surface area (Å²) >= 11 is 1.53. The van der Waals surface area contributed by atoms with Gasteiger partial charge in [-0.3, -0.25) is 14.2 Å². The summed E-state index contributed by atoms with van der Waals surface area (Å²) < 4.78 is 1.53. The molecular formula is C21H26N4O2S. The lowest BCUT2D eigenvalue weighted by atomic mass is 10.2. The average Bonchev–Trinajstić information content (AvgIpc) is 2.92. The van der Waals surface area contributed by atoms with E-state index in [0.717, 1.165) is 20.8 Å². The predicted octanol–water partition coefficient (Wildman–Crippen LogP) is 2.80. The molecule has 28 heavy (non-hydrogen) atoms. The summed E-state index contributed by atoms with van der Waals surface area (Å²) in [6.07, 6.45) is 0. The van der Waals surface area contributed by atoms with Gasteiger partial charge in [-0.05, 0) is 39.1 Å². The summed E-state index contributed by atoms with van der Waals surface area (Å²) in [5.74, 6) is 0.502. The Morgan fingerprint density at radius 2 is 1.79 bits per heavy atom. The molecule has 7 heteroatoms. The second-order valence-corrected chi connectivity index (χ2v) is 8.56. The highest BCUT2D eigenvalue weighted by molar-refractivity contribution is 7.18. The summed E-state index contributed by atoms with van der Waals surface area (Å²) in [4.78, 5) is 36.2. The molecule has 0 aliphatic rings. The zero-order valence-electron chi connectivity index (χ0n) is 17.0. The summed E-state index contributed by atoms with van der Waals surface area (Å²) in [6.45, 7) is 4.93. The first-order valence-electron chi connectivity index (χ1n) is 9.20. The molecule has 0 N–H and O–H groups in total. The highest BCUT2D eigenvalue weighted by Crippen LogP contribution is 2.26. The number of aromatic nitrogens is 2. The number of aryl methyl sites for hydroxylation is 2. The number of carbonyl (C=O) groups is 1. The van der Waals surface area contributed by atoms with Crippen molar-refractivity contribution < 1.29 is 4.79 Å². The zero-order chi connectivity index (χ0) is 20.4. The molecule has 0 atom stereocenters. The third-order valence-electron chi connectivity index (χ3n) is 4.81. The SMILES string of the molecule is Cc1sc2nc(CN(C)C)n(CC(=O)N(C)Cc3ccccc3)c(=O)c2c1C. The summed E-state index contributed by atoms with van der Waals surface area (Å²) in [5.41, 5.74) is 1.87. The topological polar surface area (TPSA) is 58.4 Å². The van der Waals surface area contributed by atoms with Crippen molar-refractivity contribution in [3.63, 3.8) is 0 Å². The van der Waals surface area contributed by atoms with E-state index in [9.17, 15) is 9.59 Å². The summed E-state index contributed by atoms with van der Waals surface area (Å²) in [5, 5.41) is 0.628. The average molecular weight is 399 g/mol. The van der Waals surface area contributed by atoms with Crippen LogP contribution in [0.3, 0.4) is 0 Å². The minimum absolute atomic E-state index is 0.0113. The van der Waals surface area contributed by atoms with Crippen LogP contribution in [0.15, 0.2) is 35.1 Å². The van der Waals surface area contributed by atoms with E-state index >= 15 is 0 Å². The maximum Gasteiger partial charge on any atom is 0.263 e. The van der Waals surface area contributed by atoms with Crippen LogP contribution in [0.4, 0.5) is 0 Å². The Hall–Kier alpha value is -2.51. The lowest BCUT2D eigenvalue weighted by molar-refractivity contribution is -0.131. The molecule has 0 aliphatic carbocycles. The number of hydrogen-bond donors (Lipinski definition) is 0. The fourth-order valence-electron chi connectivity index (χ4n) is 3.14. The second kappa shape index (κ2) is 8.24. The molecule has 0 saturated heterocycles.